The summed E-state index contributed by atoms with van der Waals surface area (Å²) >= 11 is 1.59. The molecule has 5 heteroatoms. The fourth-order valence-corrected chi connectivity index (χ4v) is 4.93. The van der Waals surface area contributed by atoms with Gasteiger partial charge in [-0.25, -0.2) is 0 Å². The van der Waals surface area contributed by atoms with E-state index in [0.717, 1.165) is 42.9 Å². The Hall–Kier alpha value is -2.16. The standard InChI is InChI=1S/C21H25N3OS/c1-3-24(13-16-7-5-4-6-8-16)14-20(25)23-21-18(12-22)17-10-9-15(2)11-19(17)26-21/h4-8,15H,3,9-11,13-14H2,1-2H3,(H,23,25)/p+1/t15-/m1/s1. The Bertz CT molecular complexity index is 807. The summed E-state index contributed by atoms with van der Waals surface area (Å²) in [4.78, 5) is 15.1. The highest BCUT2D eigenvalue weighted by Gasteiger charge is 2.25. The second-order valence-electron chi connectivity index (χ2n) is 7.16. The van der Waals surface area contributed by atoms with Gasteiger partial charge in [0.1, 0.15) is 17.6 Å². The van der Waals surface area contributed by atoms with Crippen LogP contribution in [0.4, 0.5) is 5.00 Å². The van der Waals surface area contributed by atoms with Gasteiger partial charge >= 0.3 is 0 Å². The molecule has 0 fully saturated rings. The highest BCUT2D eigenvalue weighted by Crippen LogP contribution is 2.39. The summed E-state index contributed by atoms with van der Waals surface area (Å²) in [5, 5.41) is 13.3. The molecule has 3 rings (SSSR count). The first-order valence-electron chi connectivity index (χ1n) is 9.32. The van der Waals surface area contributed by atoms with Gasteiger partial charge in [-0.3, -0.25) is 4.79 Å². The van der Waals surface area contributed by atoms with Gasteiger partial charge < -0.3 is 10.2 Å². The average Bonchev–Trinajstić information content (AvgIpc) is 2.97. The van der Waals surface area contributed by atoms with E-state index in [9.17, 15) is 10.1 Å². The molecular weight excluding hydrogens is 342 g/mol. The highest BCUT2D eigenvalue weighted by atomic mass is 32.1. The van der Waals surface area contributed by atoms with Gasteiger partial charge in [0.25, 0.3) is 5.91 Å². The van der Waals surface area contributed by atoms with Gasteiger partial charge in [-0.05, 0) is 37.7 Å². The smallest absolute Gasteiger partial charge is 0.280 e. The van der Waals surface area contributed by atoms with Crippen LogP contribution in [-0.2, 0) is 24.2 Å². The zero-order chi connectivity index (χ0) is 18.5. The molecule has 26 heavy (non-hydrogen) atoms. The molecule has 0 saturated heterocycles. The number of carbonyl (C=O) groups excluding carboxylic acids is 1. The van der Waals surface area contributed by atoms with Crippen molar-refractivity contribution >= 4 is 22.2 Å². The number of hydrogen-bond donors (Lipinski definition) is 2. The number of benzene rings is 1. The van der Waals surface area contributed by atoms with E-state index < -0.39 is 0 Å². The number of nitriles is 1. The number of nitrogens with zero attached hydrogens (tertiary/aromatic N) is 1. The quantitative estimate of drug-likeness (QED) is 0.824. The third-order valence-corrected chi connectivity index (χ3v) is 6.25. The van der Waals surface area contributed by atoms with E-state index in [0.29, 0.717) is 18.0 Å². The number of hydrogen-bond acceptors (Lipinski definition) is 3. The molecular formula is C21H26N3OS+. The van der Waals surface area contributed by atoms with E-state index in [1.165, 1.54) is 15.3 Å². The van der Waals surface area contributed by atoms with E-state index in [4.69, 9.17) is 0 Å². The summed E-state index contributed by atoms with van der Waals surface area (Å²) in [5.41, 5.74) is 3.08. The number of likely N-dealkylation sites (N-methyl/N-ethyl adjacent to an activating group) is 1. The molecule has 2 atom stereocenters. The van der Waals surface area contributed by atoms with Crippen molar-refractivity contribution in [1.29, 1.82) is 5.26 Å². The molecule has 0 bridgehead atoms. The van der Waals surface area contributed by atoms with Crippen molar-refractivity contribution < 1.29 is 9.69 Å². The summed E-state index contributed by atoms with van der Waals surface area (Å²) in [5.74, 6) is 0.642. The molecule has 2 aromatic rings. The molecule has 1 aromatic heterocycles. The van der Waals surface area contributed by atoms with Crippen molar-refractivity contribution in [3.63, 3.8) is 0 Å². The first-order chi connectivity index (χ1) is 12.6. The lowest BCUT2D eigenvalue weighted by molar-refractivity contribution is -0.903. The first-order valence-corrected chi connectivity index (χ1v) is 10.1. The molecule has 2 N–H and O–H groups in total. The van der Waals surface area contributed by atoms with Crippen LogP contribution in [0, 0.1) is 17.2 Å². The zero-order valence-electron chi connectivity index (χ0n) is 15.5. The molecule has 0 spiro atoms. The molecule has 1 aliphatic rings. The summed E-state index contributed by atoms with van der Waals surface area (Å²) in [7, 11) is 0. The van der Waals surface area contributed by atoms with Crippen LogP contribution >= 0.6 is 11.3 Å². The largest absolute Gasteiger partial charge is 0.324 e. The molecule has 1 unspecified atom stereocenters. The van der Waals surface area contributed by atoms with Crippen LogP contribution in [0.2, 0.25) is 0 Å². The van der Waals surface area contributed by atoms with Gasteiger partial charge in [0, 0.05) is 10.4 Å². The lowest BCUT2D eigenvalue weighted by atomic mass is 9.89. The van der Waals surface area contributed by atoms with Crippen LogP contribution in [0.1, 0.15) is 41.8 Å². The van der Waals surface area contributed by atoms with Crippen LogP contribution < -0.4 is 10.2 Å². The number of carbonyl (C=O) groups is 1. The van der Waals surface area contributed by atoms with E-state index in [1.807, 2.05) is 18.2 Å². The van der Waals surface area contributed by atoms with Crippen molar-refractivity contribution in [3.05, 3.63) is 51.9 Å². The Labute approximate surface area is 159 Å². The first kappa shape index (κ1) is 18.6. The number of nitrogens with one attached hydrogen (secondary N) is 2. The summed E-state index contributed by atoms with van der Waals surface area (Å²) in [6, 6.07) is 12.6. The summed E-state index contributed by atoms with van der Waals surface area (Å²) < 4.78 is 0. The molecule has 0 radical (unpaired) electrons. The fourth-order valence-electron chi connectivity index (χ4n) is 3.55. The average molecular weight is 369 g/mol. The van der Waals surface area contributed by atoms with Crippen molar-refractivity contribution in [3.8, 4) is 6.07 Å². The molecule has 1 aliphatic carbocycles. The second-order valence-corrected chi connectivity index (χ2v) is 8.26. The number of anilines is 1. The molecule has 136 valence electrons. The van der Waals surface area contributed by atoms with Gasteiger partial charge in [0.2, 0.25) is 0 Å². The Kier molecular flexibility index (Phi) is 6.08. The van der Waals surface area contributed by atoms with Gasteiger partial charge in [-0.1, -0.05) is 37.3 Å². The Morgan fingerprint density at radius 3 is 2.85 bits per heavy atom. The van der Waals surface area contributed by atoms with Gasteiger partial charge in [0.05, 0.1) is 12.1 Å². The third-order valence-electron chi connectivity index (χ3n) is 5.08. The molecule has 1 amide bonds. The lowest BCUT2D eigenvalue weighted by Crippen LogP contribution is -3.11. The van der Waals surface area contributed by atoms with E-state index in [2.05, 4.69) is 37.4 Å². The Morgan fingerprint density at radius 1 is 1.38 bits per heavy atom. The van der Waals surface area contributed by atoms with Crippen LogP contribution in [0.3, 0.4) is 0 Å². The molecule has 1 aromatic carbocycles. The fraction of sp³-hybridized carbons (Fsp3) is 0.429. The van der Waals surface area contributed by atoms with Crippen LogP contribution in [0.15, 0.2) is 30.3 Å². The zero-order valence-corrected chi connectivity index (χ0v) is 16.3. The van der Waals surface area contributed by atoms with Crippen molar-refractivity contribution in [1.82, 2.24) is 0 Å². The maximum absolute atomic E-state index is 12.6. The second kappa shape index (κ2) is 8.48. The predicted octanol–water partition coefficient (Wildman–Crippen LogP) is 2.79. The van der Waals surface area contributed by atoms with Crippen molar-refractivity contribution in [2.24, 2.45) is 5.92 Å². The molecule has 0 aliphatic heterocycles. The number of thiophene rings is 1. The minimum atomic E-state index is -0.0130. The summed E-state index contributed by atoms with van der Waals surface area (Å²) in [6.07, 6.45) is 3.09. The van der Waals surface area contributed by atoms with Crippen molar-refractivity contribution in [2.75, 3.05) is 18.4 Å². The number of amides is 1. The van der Waals surface area contributed by atoms with Crippen LogP contribution in [0.25, 0.3) is 0 Å². The van der Waals surface area contributed by atoms with Gasteiger partial charge in [0.15, 0.2) is 6.54 Å². The highest BCUT2D eigenvalue weighted by molar-refractivity contribution is 7.16. The van der Waals surface area contributed by atoms with Crippen LogP contribution in [-0.4, -0.2) is 19.0 Å². The van der Waals surface area contributed by atoms with Crippen molar-refractivity contribution in [2.45, 2.75) is 39.7 Å². The maximum Gasteiger partial charge on any atom is 0.280 e. The normalized spacial score (nSPS) is 17.2. The lowest BCUT2D eigenvalue weighted by Gasteiger charge is -2.17. The molecule has 0 saturated carbocycles. The van der Waals surface area contributed by atoms with E-state index >= 15 is 0 Å². The molecule has 4 nitrogen and oxygen atoms in total. The summed E-state index contributed by atoms with van der Waals surface area (Å²) in [6.45, 7) is 6.46. The molecule has 1 heterocycles. The minimum Gasteiger partial charge on any atom is -0.324 e. The monoisotopic (exact) mass is 368 g/mol. The van der Waals surface area contributed by atoms with E-state index in [1.54, 1.807) is 11.3 Å². The van der Waals surface area contributed by atoms with E-state index in [-0.39, 0.29) is 5.91 Å². The van der Waals surface area contributed by atoms with Crippen LogP contribution in [0.5, 0.6) is 0 Å². The maximum atomic E-state index is 12.6. The number of quaternary nitrogens is 1. The number of fused-ring (bicyclic) bond motifs is 1. The van der Waals surface area contributed by atoms with Gasteiger partial charge in [-0.2, -0.15) is 5.26 Å². The topological polar surface area (TPSA) is 57.3 Å². The predicted molar refractivity (Wildman–Crippen MR) is 105 cm³/mol. The minimum absolute atomic E-state index is 0.0130. The Balaban J connectivity index is 1.67. The van der Waals surface area contributed by atoms with Gasteiger partial charge in [-0.15, -0.1) is 11.3 Å². The Morgan fingerprint density at radius 2 is 2.15 bits per heavy atom. The SMILES string of the molecule is CC[NH+](CC(=O)Nc1sc2c(c1C#N)CC[C@@H](C)C2)Cc1ccccc1. The number of rotatable bonds is 6. The third kappa shape index (κ3) is 4.32.